The predicted molar refractivity (Wildman–Crippen MR) is 64.6 cm³/mol. The quantitative estimate of drug-likeness (QED) is 0.772. The minimum atomic E-state index is -0.842. The highest BCUT2D eigenvalue weighted by molar-refractivity contribution is 5.94. The van der Waals surface area contributed by atoms with Crippen LogP contribution in [0.3, 0.4) is 0 Å². The lowest BCUT2D eigenvalue weighted by atomic mass is 9.98. The summed E-state index contributed by atoms with van der Waals surface area (Å²) in [5.41, 5.74) is 6.45. The zero-order valence-corrected chi connectivity index (χ0v) is 9.38. The molecule has 0 amide bonds. The van der Waals surface area contributed by atoms with E-state index >= 15 is 0 Å². The topological polar surface area (TPSA) is 72.5 Å². The summed E-state index contributed by atoms with van der Waals surface area (Å²) < 4.78 is 4.62. The number of fused-ring (bicyclic) bond motifs is 1. The van der Waals surface area contributed by atoms with Gasteiger partial charge in [0.05, 0.1) is 7.11 Å². The molecule has 2 rings (SSSR count). The third-order valence-electron chi connectivity index (χ3n) is 2.72. The number of phenols is 1. The number of phenolic OH excluding ortho intramolecular Hbond substituents is 1. The van der Waals surface area contributed by atoms with Gasteiger partial charge < -0.3 is 15.6 Å². The normalized spacial score (nSPS) is 12.4. The van der Waals surface area contributed by atoms with Gasteiger partial charge in [0.15, 0.2) is 0 Å². The largest absolute Gasteiger partial charge is 0.507 e. The fourth-order valence-corrected chi connectivity index (χ4v) is 1.83. The number of ether oxygens (including phenoxy) is 1. The summed E-state index contributed by atoms with van der Waals surface area (Å²) in [4.78, 5) is 11.4. The van der Waals surface area contributed by atoms with Crippen molar-refractivity contribution in [2.75, 3.05) is 7.11 Å². The van der Waals surface area contributed by atoms with Crippen LogP contribution >= 0.6 is 0 Å². The number of carbonyl (C=O) groups excluding carboxylic acids is 1. The Morgan fingerprint density at radius 3 is 2.53 bits per heavy atom. The Bertz CT molecular complexity index is 566. The Morgan fingerprint density at radius 1 is 1.24 bits per heavy atom. The van der Waals surface area contributed by atoms with Crippen LogP contribution in [0.4, 0.5) is 0 Å². The average Bonchev–Trinajstić information content (AvgIpc) is 2.38. The minimum Gasteiger partial charge on any atom is -0.507 e. The van der Waals surface area contributed by atoms with E-state index in [2.05, 4.69) is 4.74 Å². The molecule has 0 aliphatic rings. The van der Waals surface area contributed by atoms with E-state index in [0.717, 1.165) is 5.39 Å². The molecule has 0 fully saturated rings. The maximum atomic E-state index is 11.4. The Morgan fingerprint density at radius 2 is 1.88 bits per heavy atom. The third-order valence-corrected chi connectivity index (χ3v) is 2.72. The molecule has 0 radical (unpaired) electrons. The molecule has 4 heteroatoms. The lowest BCUT2D eigenvalue weighted by Crippen LogP contribution is -2.22. The molecule has 0 saturated carbocycles. The zero-order chi connectivity index (χ0) is 12.4. The lowest BCUT2D eigenvalue weighted by Gasteiger charge is -2.13. The average molecular weight is 231 g/mol. The van der Waals surface area contributed by atoms with Crippen molar-refractivity contribution in [2.24, 2.45) is 5.73 Å². The van der Waals surface area contributed by atoms with Crippen molar-refractivity contribution in [3.63, 3.8) is 0 Å². The van der Waals surface area contributed by atoms with E-state index in [0.29, 0.717) is 10.9 Å². The molecule has 2 aromatic carbocycles. The first kappa shape index (κ1) is 11.4. The van der Waals surface area contributed by atoms with Crippen LogP contribution in [0.5, 0.6) is 5.75 Å². The van der Waals surface area contributed by atoms with Gasteiger partial charge in [-0.25, -0.2) is 0 Å². The van der Waals surface area contributed by atoms with Crippen LogP contribution in [-0.4, -0.2) is 18.2 Å². The van der Waals surface area contributed by atoms with E-state index in [1.165, 1.54) is 13.2 Å². The summed E-state index contributed by atoms with van der Waals surface area (Å²) in [6, 6.07) is 9.56. The van der Waals surface area contributed by atoms with Crippen LogP contribution in [0.1, 0.15) is 11.6 Å². The minimum absolute atomic E-state index is 0.168. The fraction of sp³-hybridized carbons (Fsp3) is 0.154. The third kappa shape index (κ3) is 1.94. The molecule has 0 spiro atoms. The van der Waals surface area contributed by atoms with E-state index in [9.17, 15) is 9.90 Å². The maximum Gasteiger partial charge on any atom is 0.327 e. The maximum absolute atomic E-state index is 11.4. The van der Waals surface area contributed by atoms with Gasteiger partial charge >= 0.3 is 5.97 Å². The number of rotatable bonds is 2. The molecule has 0 saturated heterocycles. The second-order valence-corrected chi connectivity index (χ2v) is 3.72. The van der Waals surface area contributed by atoms with Gasteiger partial charge in [-0.1, -0.05) is 30.3 Å². The Labute approximate surface area is 98.6 Å². The Hall–Kier alpha value is -2.07. The first-order valence-corrected chi connectivity index (χ1v) is 5.19. The zero-order valence-electron chi connectivity index (χ0n) is 9.38. The van der Waals surface area contributed by atoms with Crippen LogP contribution < -0.4 is 5.73 Å². The van der Waals surface area contributed by atoms with Crippen molar-refractivity contribution in [3.8, 4) is 5.75 Å². The van der Waals surface area contributed by atoms with Crippen molar-refractivity contribution in [1.29, 1.82) is 0 Å². The Kier molecular flexibility index (Phi) is 2.97. The number of methoxy groups -OCH3 is 1. The molecular formula is C13H13NO3. The molecule has 0 aliphatic carbocycles. The van der Waals surface area contributed by atoms with E-state index in [1.807, 2.05) is 18.2 Å². The summed E-state index contributed by atoms with van der Waals surface area (Å²) >= 11 is 0. The number of carbonyl (C=O) groups is 1. The number of benzene rings is 2. The monoisotopic (exact) mass is 231 g/mol. The van der Waals surface area contributed by atoms with Gasteiger partial charge in [-0.2, -0.15) is 0 Å². The molecule has 0 aliphatic heterocycles. The Balaban J connectivity index is 2.63. The van der Waals surface area contributed by atoms with Crippen molar-refractivity contribution in [1.82, 2.24) is 0 Å². The van der Waals surface area contributed by atoms with E-state index in [-0.39, 0.29) is 5.75 Å². The van der Waals surface area contributed by atoms with Gasteiger partial charge in [0.1, 0.15) is 11.8 Å². The van der Waals surface area contributed by atoms with Crippen molar-refractivity contribution < 1.29 is 14.6 Å². The molecule has 4 nitrogen and oxygen atoms in total. The SMILES string of the molecule is COC(=O)[C@H](N)c1ccc(O)c2ccccc12. The first-order chi connectivity index (χ1) is 8.15. The molecular weight excluding hydrogens is 218 g/mol. The van der Waals surface area contributed by atoms with Crippen LogP contribution in [0.15, 0.2) is 36.4 Å². The summed E-state index contributed by atoms with van der Waals surface area (Å²) in [7, 11) is 1.30. The lowest BCUT2D eigenvalue weighted by molar-refractivity contribution is -0.142. The second-order valence-electron chi connectivity index (χ2n) is 3.72. The van der Waals surface area contributed by atoms with Gasteiger partial charge in [0, 0.05) is 5.39 Å². The molecule has 0 aromatic heterocycles. The van der Waals surface area contributed by atoms with E-state index in [1.54, 1.807) is 12.1 Å². The van der Waals surface area contributed by atoms with Crippen LogP contribution in [-0.2, 0) is 9.53 Å². The number of esters is 1. The van der Waals surface area contributed by atoms with Crippen LogP contribution in [0.25, 0.3) is 10.8 Å². The molecule has 1 atom stereocenters. The van der Waals surface area contributed by atoms with Gasteiger partial charge in [0.2, 0.25) is 0 Å². The molecule has 88 valence electrons. The molecule has 2 aromatic rings. The van der Waals surface area contributed by atoms with Gasteiger partial charge in [0.25, 0.3) is 0 Å². The van der Waals surface area contributed by atoms with Crippen LogP contribution in [0.2, 0.25) is 0 Å². The van der Waals surface area contributed by atoms with Gasteiger partial charge in [-0.15, -0.1) is 0 Å². The second kappa shape index (κ2) is 4.43. The predicted octanol–water partition coefficient (Wildman–Crippen LogP) is 1.72. The first-order valence-electron chi connectivity index (χ1n) is 5.19. The van der Waals surface area contributed by atoms with Gasteiger partial charge in [-0.3, -0.25) is 4.79 Å². The molecule has 17 heavy (non-hydrogen) atoms. The number of nitrogens with two attached hydrogens (primary N) is 1. The molecule has 0 heterocycles. The molecule has 3 N–H and O–H groups in total. The highest BCUT2D eigenvalue weighted by atomic mass is 16.5. The van der Waals surface area contributed by atoms with Crippen molar-refractivity contribution in [3.05, 3.63) is 42.0 Å². The summed E-state index contributed by atoms with van der Waals surface area (Å²) in [6.45, 7) is 0. The highest BCUT2D eigenvalue weighted by Crippen LogP contribution is 2.30. The number of hydrogen-bond donors (Lipinski definition) is 2. The molecule has 0 unspecified atom stereocenters. The summed E-state index contributed by atoms with van der Waals surface area (Å²) in [5.74, 6) is -0.331. The number of aromatic hydroxyl groups is 1. The smallest absolute Gasteiger partial charge is 0.327 e. The van der Waals surface area contributed by atoms with Crippen molar-refractivity contribution in [2.45, 2.75) is 6.04 Å². The summed E-state index contributed by atoms with van der Waals surface area (Å²) in [5, 5.41) is 11.1. The fourth-order valence-electron chi connectivity index (χ4n) is 1.83. The summed E-state index contributed by atoms with van der Waals surface area (Å²) in [6.07, 6.45) is 0. The number of hydrogen-bond acceptors (Lipinski definition) is 4. The molecule has 0 bridgehead atoms. The van der Waals surface area contributed by atoms with Crippen LogP contribution in [0, 0.1) is 0 Å². The van der Waals surface area contributed by atoms with E-state index in [4.69, 9.17) is 5.73 Å². The van der Waals surface area contributed by atoms with E-state index < -0.39 is 12.0 Å². The van der Waals surface area contributed by atoms with Gasteiger partial charge in [-0.05, 0) is 17.0 Å². The highest BCUT2D eigenvalue weighted by Gasteiger charge is 2.19. The standard InChI is InChI=1S/C13H13NO3/c1-17-13(16)12(14)10-6-7-11(15)9-5-3-2-4-8(9)10/h2-7,12,15H,14H2,1H3/t12-/m1/s1. The van der Waals surface area contributed by atoms with Crippen molar-refractivity contribution >= 4 is 16.7 Å².